The maximum atomic E-state index is 12.2. The Bertz CT molecular complexity index is 692. The molecule has 0 atom stereocenters. The molecule has 0 saturated carbocycles. The van der Waals surface area contributed by atoms with Crippen LogP contribution in [0.15, 0.2) is 53.4 Å². The number of nitrogens with one attached hydrogen (secondary N) is 1. The highest BCUT2D eigenvalue weighted by Gasteiger charge is 2.14. The van der Waals surface area contributed by atoms with Crippen molar-refractivity contribution < 1.29 is 8.42 Å². The molecule has 2 aromatic rings. The summed E-state index contributed by atoms with van der Waals surface area (Å²) in [6.45, 7) is 4.13. The third-order valence-electron chi connectivity index (χ3n) is 3.00. The molecule has 0 aromatic heterocycles. The van der Waals surface area contributed by atoms with Crippen LogP contribution in [0, 0.1) is 0 Å². The average molecular weight is 290 g/mol. The van der Waals surface area contributed by atoms with Crippen molar-refractivity contribution in [3.05, 3.63) is 54.1 Å². The van der Waals surface area contributed by atoms with Crippen LogP contribution in [0.4, 0.5) is 11.4 Å². The van der Waals surface area contributed by atoms with Gasteiger partial charge in [0, 0.05) is 5.69 Å². The molecule has 4 nitrogen and oxygen atoms in total. The van der Waals surface area contributed by atoms with Crippen molar-refractivity contribution in [2.45, 2.75) is 24.7 Å². The van der Waals surface area contributed by atoms with Gasteiger partial charge in [0.15, 0.2) is 0 Å². The van der Waals surface area contributed by atoms with Crippen molar-refractivity contribution in [3.63, 3.8) is 0 Å². The molecule has 0 amide bonds. The molecule has 20 heavy (non-hydrogen) atoms. The number of nitrogens with two attached hydrogens (primary N) is 1. The van der Waals surface area contributed by atoms with Gasteiger partial charge in [0.1, 0.15) is 0 Å². The molecule has 0 saturated heterocycles. The SMILES string of the molecule is CC(C)c1ccc(S(=O)(=O)Nc2cccc(N)c2)cc1. The van der Waals surface area contributed by atoms with Crippen LogP contribution in [0.3, 0.4) is 0 Å². The Kier molecular flexibility index (Phi) is 3.99. The van der Waals surface area contributed by atoms with E-state index in [0.29, 0.717) is 17.3 Å². The van der Waals surface area contributed by atoms with Gasteiger partial charge < -0.3 is 5.73 Å². The number of rotatable bonds is 4. The summed E-state index contributed by atoms with van der Waals surface area (Å²) in [7, 11) is -3.58. The molecule has 0 bridgehead atoms. The summed E-state index contributed by atoms with van der Waals surface area (Å²) in [6.07, 6.45) is 0. The largest absolute Gasteiger partial charge is 0.399 e. The minimum atomic E-state index is -3.58. The number of anilines is 2. The standard InChI is InChI=1S/C15H18N2O2S/c1-11(2)12-6-8-15(9-7-12)20(18,19)17-14-5-3-4-13(16)10-14/h3-11,17H,16H2,1-2H3. The summed E-state index contributed by atoms with van der Waals surface area (Å²) in [5.41, 5.74) is 7.71. The van der Waals surface area contributed by atoms with Crippen molar-refractivity contribution in [2.24, 2.45) is 0 Å². The van der Waals surface area contributed by atoms with E-state index in [1.165, 1.54) is 0 Å². The Morgan fingerprint density at radius 1 is 1.05 bits per heavy atom. The van der Waals surface area contributed by atoms with Gasteiger partial charge in [-0.3, -0.25) is 4.72 Å². The molecule has 3 N–H and O–H groups in total. The summed E-state index contributed by atoms with van der Waals surface area (Å²) in [6, 6.07) is 13.5. The molecule has 0 radical (unpaired) electrons. The lowest BCUT2D eigenvalue weighted by molar-refractivity contribution is 0.601. The third kappa shape index (κ3) is 3.30. The highest BCUT2D eigenvalue weighted by molar-refractivity contribution is 7.92. The minimum absolute atomic E-state index is 0.240. The first-order valence-corrected chi connectivity index (χ1v) is 7.85. The zero-order chi connectivity index (χ0) is 14.8. The number of nitrogen functional groups attached to an aromatic ring is 1. The molecule has 0 spiro atoms. The molecule has 0 fully saturated rings. The Labute approximate surface area is 119 Å². The van der Waals surface area contributed by atoms with Crippen LogP contribution < -0.4 is 10.5 Å². The topological polar surface area (TPSA) is 72.2 Å². The van der Waals surface area contributed by atoms with Gasteiger partial charge >= 0.3 is 0 Å². The molecule has 2 rings (SSSR count). The number of hydrogen-bond donors (Lipinski definition) is 2. The van der Waals surface area contributed by atoms with E-state index in [4.69, 9.17) is 5.73 Å². The van der Waals surface area contributed by atoms with E-state index < -0.39 is 10.0 Å². The molecular weight excluding hydrogens is 272 g/mol. The second-order valence-electron chi connectivity index (χ2n) is 4.95. The first-order chi connectivity index (χ1) is 9.38. The van der Waals surface area contributed by atoms with E-state index >= 15 is 0 Å². The lowest BCUT2D eigenvalue weighted by Crippen LogP contribution is -2.13. The van der Waals surface area contributed by atoms with Gasteiger partial charge in [-0.15, -0.1) is 0 Å². The fourth-order valence-corrected chi connectivity index (χ4v) is 2.90. The normalized spacial score (nSPS) is 11.6. The molecule has 0 heterocycles. The van der Waals surface area contributed by atoms with E-state index in [1.54, 1.807) is 36.4 Å². The van der Waals surface area contributed by atoms with Gasteiger partial charge in [-0.25, -0.2) is 8.42 Å². The van der Waals surface area contributed by atoms with Crippen LogP contribution in [-0.4, -0.2) is 8.42 Å². The highest BCUT2D eigenvalue weighted by atomic mass is 32.2. The number of benzene rings is 2. The predicted octanol–water partition coefficient (Wildman–Crippen LogP) is 3.19. The Morgan fingerprint density at radius 3 is 2.25 bits per heavy atom. The van der Waals surface area contributed by atoms with Gasteiger partial charge in [0.25, 0.3) is 10.0 Å². The van der Waals surface area contributed by atoms with Crippen molar-refractivity contribution in [1.82, 2.24) is 0 Å². The van der Waals surface area contributed by atoms with Gasteiger partial charge in [-0.2, -0.15) is 0 Å². The average Bonchev–Trinajstić information content (AvgIpc) is 2.38. The van der Waals surface area contributed by atoms with Crippen LogP contribution in [-0.2, 0) is 10.0 Å². The molecule has 2 aromatic carbocycles. The summed E-state index contributed by atoms with van der Waals surface area (Å²) in [5.74, 6) is 0.369. The summed E-state index contributed by atoms with van der Waals surface area (Å²) in [4.78, 5) is 0.240. The van der Waals surface area contributed by atoms with E-state index in [9.17, 15) is 8.42 Å². The molecule has 0 aliphatic rings. The van der Waals surface area contributed by atoms with Gasteiger partial charge in [0.2, 0.25) is 0 Å². The zero-order valence-corrected chi connectivity index (χ0v) is 12.3. The van der Waals surface area contributed by atoms with Crippen molar-refractivity contribution in [3.8, 4) is 0 Å². The van der Waals surface area contributed by atoms with Crippen LogP contribution in [0.5, 0.6) is 0 Å². The maximum absolute atomic E-state index is 12.2. The van der Waals surface area contributed by atoms with Gasteiger partial charge in [0.05, 0.1) is 10.6 Å². The van der Waals surface area contributed by atoms with Crippen molar-refractivity contribution in [2.75, 3.05) is 10.5 Å². The minimum Gasteiger partial charge on any atom is -0.399 e. The molecule has 106 valence electrons. The summed E-state index contributed by atoms with van der Waals surface area (Å²) < 4.78 is 27.0. The fourth-order valence-electron chi connectivity index (χ4n) is 1.85. The van der Waals surface area contributed by atoms with E-state index in [-0.39, 0.29) is 4.90 Å². The summed E-state index contributed by atoms with van der Waals surface area (Å²) in [5, 5.41) is 0. The second-order valence-corrected chi connectivity index (χ2v) is 6.64. The molecule has 0 unspecified atom stereocenters. The molecular formula is C15H18N2O2S. The molecule has 0 aliphatic carbocycles. The van der Waals surface area contributed by atoms with Gasteiger partial charge in [-0.05, 0) is 41.8 Å². The number of sulfonamides is 1. The Morgan fingerprint density at radius 2 is 1.70 bits per heavy atom. The van der Waals surface area contributed by atoms with E-state index in [2.05, 4.69) is 18.6 Å². The predicted molar refractivity (Wildman–Crippen MR) is 82.2 cm³/mol. The van der Waals surface area contributed by atoms with Crippen molar-refractivity contribution in [1.29, 1.82) is 0 Å². The highest BCUT2D eigenvalue weighted by Crippen LogP contribution is 2.20. The quantitative estimate of drug-likeness (QED) is 0.849. The lowest BCUT2D eigenvalue weighted by atomic mass is 10.0. The Balaban J connectivity index is 2.26. The molecule has 5 heteroatoms. The third-order valence-corrected chi connectivity index (χ3v) is 4.39. The van der Waals surface area contributed by atoms with Crippen molar-refractivity contribution >= 4 is 21.4 Å². The maximum Gasteiger partial charge on any atom is 0.261 e. The first kappa shape index (κ1) is 14.4. The fraction of sp³-hybridized carbons (Fsp3) is 0.200. The monoisotopic (exact) mass is 290 g/mol. The Hall–Kier alpha value is -2.01. The molecule has 0 aliphatic heterocycles. The summed E-state index contributed by atoms with van der Waals surface area (Å²) >= 11 is 0. The first-order valence-electron chi connectivity index (χ1n) is 6.37. The zero-order valence-electron chi connectivity index (χ0n) is 11.5. The second kappa shape index (κ2) is 5.54. The smallest absolute Gasteiger partial charge is 0.261 e. The lowest BCUT2D eigenvalue weighted by Gasteiger charge is -2.10. The van der Waals surface area contributed by atoms with E-state index in [1.807, 2.05) is 12.1 Å². The van der Waals surface area contributed by atoms with Crippen LogP contribution in [0.25, 0.3) is 0 Å². The van der Waals surface area contributed by atoms with Gasteiger partial charge in [-0.1, -0.05) is 32.0 Å². The number of hydrogen-bond acceptors (Lipinski definition) is 3. The van der Waals surface area contributed by atoms with Crippen LogP contribution >= 0.6 is 0 Å². The van der Waals surface area contributed by atoms with E-state index in [0.717, 1.165) is 5.56 Å². The van der Waals surface area contributed by atoms with Crippen LogP contribution in [0.1, 0.15) is 25.3 Å². The van der Waals surface area contributed by atoms with Crippen LogP contribution in [0.2, 0.25) is 0 Å².